The van der Waals surface area contributed by atoms with Gasteiger partial charge in [-0.05, 0) is 42.9 Å². The van der Waals surface area contributed by atoms with E-state index in [2.05, 4.69) is 0 Å². The van der Waals surface area contributed by atoms with E-state index in [0.717, 1.165) is 6.07 Å². The third-order valence-corrected chi connectivity index (χ3v) is 7.49. The standard InChI is InChI=1S/C24H30F3N5O3/c25-24(26,27)21-11-18(2-1-17(21)12-28)31-5-3-16(4-6-31)19-13-32(14-20(19)23(29)34)22(33)15-30-7-9-35-10-8-30/h1-2,11,16,19-20H,3-10,13-15H2,(H2,29,34)/t19-,20+/m0/s1. The molecule has 0 unspecified atom stereocenters. The van der Waals surface area contributed by atoms with Gasteiger partial charge in [-0.3, -0.25) is 14.5 Å². The number of ether oxygens (including phenoxy) is 1. The smallest absolute Gasteiger partial charge is 0.379 e. The van der Waals surface area contributed by atoms with E-state index in [0.29, 0.717) is 77.6 Å². The molecule has 2 atom stereocenters. The Labute approximate surface area is 202 Å². The lowest BCUT2D eigenvalue weighted by Gasteiger charge is -2.37. The van der Waals surface area contributed by atoms with Crippen LogP contribution >= 0.6 is 0 Å². The molecular formula is C24H30F3N5O3. The number of carbonyl (C=O) groups is 2. The average Bonchev–Trinajstić information content (AvgIpc) is 3.30. The second-order valence-electron chi connectivity index (χ2n) is 9.52. The van der Waals surface area contributed by atoms with Crippen LogP contribution in [0.4, 0.5) is 18.9 Å². The van der Waals surface area contributed by atoms with Gasteiger partial charge >= 0.3 is 6.18 Å². The van der Waals surface area contributed by atoms with Crippen molar-refractivity contribution in [1.29, 1.82) is 5.26 Å². The molecule has 0 spiro atoms. The van der Waals surface area contributed by atoms with Crippen molar-refractivity contribution in [2.75, 3.05) is 63.9 Å². The van der Waals surface area contributed by atoms with Gasteiger partial charge in [0.2, 0.25) is 11.8 Å². The summed E-state index contributed by atoms with van der Waals surface area (Å²) in [4.78, 5) is 30.7. The van der Waals surface area contributed by atoms with E-state index in [1.54, 1.807) is 17.0 Å². The number of hydrogen-bond acceptors (Lipinski definition) is 6. The summed E-state index contributed by atoms with van der Waals surface area (Å²) in [7, 11) is 0. The second-order valence-corrected chi connectivity index (χ2v) is 9.52. The summed E-state index contributed by atoms with van der Waals surface area (Å²) in [6.07, 6.45) is -3.24. The molecule has 0 aromatic heterocycles. The maximum atomic E-state index is 13.4. The predicted octanol–water partition coefficient (Wildman–Crippen LogP) is 1.69. The summed E-state index contributed by atoms with van der Waals surface area (Å²) in [5, 5.41) is 9.02. The highest BCUT2D eigenvalue weighted by Gasteiger charge is 2.43. The zero-order valence-electron chi connectivity index (χ0n) is 19.5. The second kappa shape index (κ2) is 10.4. The molecule has 35 heavy (non-hydrogen) atoms. The van der Waals surface area contributed by atoms with E-state index < -0.39 is 29.1 Å². The van der Waals surface area contributed by atoms with Gasteiger partial charge in [0.15, 0.2) is 0 Å². The molecule has 3 aliphatic heterocycles. The molecule has 0 radical (unpaired) electrons. The molecular weight excluding hydrogens is 463 g/mol. The van der Waals surface area contributed by atoms with Crippen LogP contribution in [0.3, 0.4) is 0 Å². The number of rotatable bonds is 5. The van der Waals surface area contributed by atoms with Gasteiger partial charge in [-0.1, -0.05) is 0 Å². The number of piperidine rings is 1. The van der Waals surface area contributed by atoms with E-state index in [-0.39, 0.29) is 17.7 Å². The molecule has 2 N–H and O–H groups in total. The molecule has 0 aliphatic carbocycles. The highest BCUT2D eigenvalue weighted by molar-refractivity contribution is 5.82. The van der Waals surface area contributed by atoms with E-state index in [1.807, 2.05) is 9.80 Å². The van der Waals surface area contributed by atoms with Crippen molar-refractivity contribution < 1.29 is 27.5 Å². The summed E-state index contributed by atoms with van der Waals surface area (Å²) in [6.45, 7) is 4.72. The number of alkyl halides is 3. The van der Waals surface area contributed by atoms with Crippen LogP contribution in [0, 0.1) is 29.1 Å². The van der Waals surface area contributed by atoms with Gasteiger partial charge in [0.25, 0.3) is 0 Å². The molecule has 1 aromatic rings. The number of primary amides is 1. The fourth-order valence-electron chi connectivity index (χ4n) is 5.51. The summed E-state index contributed by atoms with van der Waals surface area (Å²) in [5.74, 6) is -0.774. The predicted molar refractivity (Wildman–Crippen MR) is 121 cm³/mol. The van der Waals surface area contributed by atoms with Crippen molar-refractivity contribution >= 4 is 17.5 Å². The molecule has 3 fully saturated rings. The van der Waals surface area contributed by atoms with E-state index in [1.165, 1.54) is 6.07 Å². The molecule has 0 bridgehead atoms. The lowest BCUT2D eigenvalue weighted by atomic mass is 9.78. The molecule has 3 aliphatic rings. The SMILES string of the molecule is N#Cc1ccc(N2CCC([C@@H]3CN(C(=O)CN4CCOCC4)C[C@H]3C(N)=O)CC2)cc1C(F)(F)F. The molecule has 1 aromatic carbocycles. The first-order valence-corrected chi connectivity index (χ1v) is 11.9. The van der Waals surface area contributed by atoms with Crippen LogP contribution in [0.1, 0.15) is 24.0 Å². The van der Waals surface area contributed by atoms with Crippen molar-refractivity contribution in [3.05, 3.63) is 29.3 Å². The zero-order valence-corrected chi connectivity index (χ0v) is 19.5. The molecule has 0 saturated carbocycles. The van der Waals surface area contributed by atoms with Gasteiger partial charge < -0.3 is 20.3 Å². The van der Waals surface area contributed by atoms with Crippen LogP contribution in [0.15, 0.2) is 18.2 Å². The normalized spacial score (nSPS) is 24.4. The number of morpholine rings is 1. The third-order valence-electron chi connectivity index (χ3n) is 7.49. The summed E-state index contributed by atoms with van der Waals surface area (Å²) < 4.78 is 45.4. The number of nitriles is 1. The number of carbonyl (C=O) groups excluding carboxylic acids is 2. The Kier molecular flexibility index (Phi) is 7.52. The maximum Gasteiger partial charge on any atom is 0.417 e. The summed E-state index contributed by atoms with van der Waals surface area (Å²) in [6, 6.07) is 5.40. The number of likely N-dealkylation sites (tertiary alicyclic amines) is 1. The number of halogens is 3. The van der Waals surface area contributed by atoms with Crippen molar-refractivity contribution in [2.24, 2.45) is 23.5 Å². The molecule has 11 heteroatoms. The van der Waals surface area contributed by atoms with E-state index >= 15 is 0 Å². The minimum Gasteiger partial charge on any atom is -0.379 e. The number of anilines is 1. The van der Waals surface area contributed by atoms with Crippen LogP contribution in [0.25, 0.3) is 0 Å². The zero-order chi connectivity index (χ0) is 25.2. The van der Waals surface area contributed by atoms with Crippen molar-refractivity contribution in [2.45, 2.75) is 19.0 Å². The summed E-state index contributed by atoms with van der Waals surface area (Å²) in [5.41, 5.74) is 4.80. The van der Waals surface area contributed by atoms with E-state index in [4.69, 9.17) is 15.7 Å². The maximum absolute atomic E-state index is 13.4. The fourth-order valence-corrected chi connectivity index (χ4v) is 5.51. The Morgan fingerprint density at radius 1 is 1.11 bits per heavy atom. The molecule has 4 rings (SSSR count). The first-order valence-electron chi connectivity index (χ1n) is 11.9. The molecule has 190 valence electrons. The van der Waals surface area contributed by atoms with Gasteiger partial charge in [-0.25, -0.2) is 0 Å². The van der Waals surface area contributed by atoms with Gasteiger partial charge in [0, 0.05) is 45.0 Å². The van der Waals surface area contributed by atoms with Crippen LogP contribution in [-0.2, 0) is 20.5 Å². The number of nitrogens with zero attached hydrogens (tertiary/aromatic N) is 4. The summed E-state index contributed by atoms with van der Waals surface area (Å²) >= 11 is 0. The van der Waals surface area contributed by atoms with Crippen LogP contribution in [-0.4, -0.2) is 80.6 Å². The Hall–Kier alpha value is -2.84. The monoisotopic (exact) mass is 493 g/mol. The largest absolute Gasteiger partial charge is 0.417 e. The van der Waals surface area contributed by atoms with Crippen molar-refractivity contribution in [3.63, 3.8) is 0 Å². The Balaban J connectivity index is 1.39. The lowest BCUT2D eigenvalue weighted by Crippen LogP contribution is -2.44. The molecule has 2 amide bonds. The van der Waals surface area contributed by atoms with Crippen molar-refractivity contribution in [3.8, 4) is 6.07 Å². The van der Waals surface area contributed by atoms with Gasteiger partial charge in [0.1, 0.15) is 0 Å². The third kappa shape index (κ3) is 5.70. The highest BCUT2D eigenvalue weighted by atomic mass is 19.4. The van der Waals surface area contributed by atoms with Gasteiger partial charge in [0.05, 0.1) is 42.9 Å². The molecule has 8 nitrogen and oxygen atoms in total. The average molecular weight is 494 g/mol. The van der Waals surface area contributed by atoms with Crippen LogP contribution in [0.5, 0.6) is 0 Å². The Bertz CT molecular complexity index is 982. The van der Waals surface area contributed by atoms with Crippen LogP contribution in [0.2, 0.25) is 0 Å². The van der Waals surface area contributed by atoms with Gasteiger partial charge in [-0.15, -0.1) is 0 Å². The number of nitrogens with two attached hydrogens (primary N) is 1. The lowest BCUT2D eigenvalue weighted by molar-refractivity contribution is -0.138. The van der Waals surface area contributed by atoms with Gasteiger partial charge in [-0.2, -0.15) is 18.4 Å². The Morgan fingerprint density at radius 2 is 1.80 bits per heavy atom. The number of amides is 2. The highest BCUT2D eigenvalue weighted by Crippen LogP contribution is 2.38. The topological polar surface area (TPSA) is 103 Å². The fraction of sp³-hybridized carbons (Fsp3) is 0.625. The quantitative estimate of drug-likeness (QED) is 0.670. The number of hydrogen-bond donors (Lipinski definition) is 1. The minimum atomic E-state index is -4.60. The Morgan fingerprint density at radius 3 is 2.40 bits per heavy atom. The first-order chi connectivity index (χ1) is 16.7. The van der Waals surface area contributed by atoms with Crippen LogP contribution < -0.4 is 10.6 Å². The van der Waals surface area contributed by atoms with E-state index in [9.17, 15) is 22.8 Å². The minimum absolute atomic E-state index is 0.0182. The number of benzene rings is 1. The molecule has 3 heterocycles. The molecule has 3 saturated heterocycles. The first kappa shape index (κ1) is 25.3. The van der Waals surface area contributed by atoms with Crippen molar-refractivity contribution in [1.82, 2.24) is 9.80 Å².